The summed E-state index contributed by atoms with van der Waals surface area (Å²) in [6.45, 7) is 5.25. The first-order valence-corrected chi connectivity index (χ1v) is 8.82. The third-order valence-electron chi connectivity index (χ3n) is 3.82. The average Bonchev–Trinajstić information content (AvgIpc) is 2.57. The van der Waals surface area contributed by atoms with Gasteiger partial charge >= 0.3 is 0 Å². The van der Waals surface area contributed by atoms with Crippen LogP contribution in [0.1, 0.15) is 43.0 Å². The number of nitrogens with two attached hydrogens (primary N) is 1. The van der Waals surface area contributed by atoms with Crippen molar-refractivity contribution < 1.29 is 9.59 Å². The summed E-state index contributed by atoms with van der Waals surface area (Å²) in [6, 6.07) is 18.9. The fraction of sp³-hybridized carbons (Fsp3) is 0.333. The van der Waals surface area contributed by atoms with Crippen molar-refractivity contribution in [1.82, 2.24) is 0 Å². The van der Waals surface area contributed by atoms with E-state index < -0.39 is 0 Å². The van der Waals surface area contributed by atoms with Crippen LogP contribution in [-0.2, 0) is 16.0 Å². The van der Waals surface area contributed by atoms with Crippen LogP contribution in [0.2, 0.25) is 0 Å². The van der Waals surface area contributed by atoms with Gasteiger partial charge in [-0.25, -0.2) is 0 Å². The van der Waals surface area contributed by atoms with Crippen LogP contribution in [0.15, 0.2) is 54.6 Å². The molecule has 0 amide bonds. The van der Waals surface area contributed by atoms with Crippen molar-refractivity contribution in [3.05, 3.63) is 71.3 Å². The molecule has 2 rings (SSSR count). The van der Waals surface area contributed by atoms with Crippen LogP contribution >= 0.6 is 12.6 Å². The highest BCUT2D eigenvalue weighted by atomic mass is 32.1. The van der Waals surface area contributed by atoms with Gasteiger partial charge in [0.25, 0.3) is 0 Å². The maximum atomic E-state index is 10.4. The second-order valence-electron chi connectivity index (χ2n) is 6.35. The fourth-order valence-corrected chi connectivity index (χ4v) is 2.41. The molecule has 0 aromatic heterocycles. The standard InChI is InChI=1S/C15H17N.C6H10O2S/c1-12-7-9-13(10-8-12)11-15(16)14-5-3-2-4-6-14;1-4(6(8)9)3-5(2)7/h2-10,15H,11,16H2,1H3;4H,3H2,1-2H3,(H,8,9). The minimum atomic E-state index is -0.231. The van der Waals surface area contributed by atoms with E-state index in [2.05, 4.69) is 56.0 Å². The summed E-state index contributed by atoms with van der Waals surface area (Å²) in [6.07, 6.45) is 1.20. The summed E-state index contributed by atoms with van der Waals surface area (Å²) >= 11 is 3.58. The summed E-state index contributed by atoms with van der Waals surface area (Å²) in [5, 5.41) is -0.217. The molecule has 0 saturated carbocycles. The molecule has 2 N–H and O–H groups in total. The smallest absolute Gasteiger partial charge is 0.189 e. The Balaban J connectivity index is 0.000000299. The number of ketones is 1. The molecule has 4 heteroatoms. The Morgan fingerprint density at radius 2 is 1.60 bits per heavy atom. The van der Waals surface area contributed by atoms with Gasteiger partial charge in [0.2, 0.25) is 0 Å². The lowest BCUT2D eigenvalue weighted by atomic mass is 9.99. The molecule has 0 radical (unpaired) electrons. The first-order valence-electron chi connectivity index (χ1n) is 8.38. The van der Waals surface area contributed by atoms with Crippen LogP contribution in [0.5, 0.6) is 0 Å². The molecule has 2 atom stereocenters. The molecule has 0 bridgehead atoms. The van der Waals surface area contributed by atoms with Crippen LogP contribution in [0, 0.1) is 12.8 Å². The Hall–Kier alpha value is -1.91. The molecule has 25 heavy (non-hydrogen) atoms. The zero-order valence-electron chi connectivity index (χ0n) is 15.1. The summed E-state index contributed by atoms with van der Waals surface area (Å²) < 4.78 is 0. The van der Waals surface area contributed by atoms with E-state index in [9.17, 15) is 9.59 Å². The Morgan fingerprint density at radius 1 is 1.04 bits per heavy atom. The van der Waals surface area contributed by atoms with Gasteiger partial charge in [0.05, 0.1) is 0 Å². The molecule has 0 aliphatic carbocycles. The number of carbonyl (C=O) groups is 2. The number of carbonyl (C=O) groups excluding carboxylic acids is 2. The lowest BCUT2D eigenvalue weighted by Gasteiger charge is -2.12. The van der Waals surface area contributed by atoms with E-state index in [4.69, 9.17) is 5.73 Å². The third kappa shape index (κ3) is 8.66. The fourth-order valence-electron chi connectivity index (χ4n) is 2.31. The Bertz CT molecular complexity index is 668. The van der Waals surface area contributed by atoms with Crippen LogP contribution in [-0.4, -0.2) is 10.9 Å². The monoisotopic (exact) mass is 357 g/mol. The van der Waals surface area contributed by atoms with Crippen molar-refractivity contribution in [2.24, 2.45) is 11.7 Å². The Kier molecular flexibility index (Phi) is 9.17. The van der Waals surface area contributed by atoms with E-state index in [1.165, 1.54) is 23.6 Å². The maximum Gasteiger partial charge on any atom is 0.189 e. The van der Waals surface area contributed by atoms with Crippen molar-refractivity contribution in [3.8, 4) is 0 Å². The van der Waals surface area contributed by atoms with Crippen molar-refractivity contribution in [1.29, 1.82) is 0 Å². The predicted molar refractivity (Wildman–Crippen MR) is 107 cm³/mol. The summed E-state index contributed by atoms with van der Waals surface area (Å²) in [5.41, 5.74) is 9.94. The minimum absolute atomic E-state index is 0.0323. The SMILES string of the molecule is CC(=O)CC(C)C(=O)S.Cc1ccc(CC(N)c2ccccc2)cc1. The van der Waals surface area contributed by atoms with Crippen molar-refractivity contribution in [3.63, 3.8) is 0 Å². The minimum Gasteiger partial charge on any atom is -0.324 e. The zero-order chi connectivity index (χ0) is 18.8. The predicted octanol–water partition coefficient (Wildman–Crippen LogP) is 4.30. The van der Waals surface area contributed by atoms with Crippen LogP contribution < -0.4 is 5.73 Å². The average molecular weight is 358 g/mol. The maximum absolute atomic E-state index is 10.4. The number of thiol groups is 1. The number of rotatable bonds is 6. The normalized spacial score (nSPS) is 12.5. The van der Waals surface area contributed by atoms with Gasteiger partial charge in [-0.05, 0) is 31.4 Å². The van der Waals surface area contributed by atoms with Gasteiger partial charge in [0.15, 0.2) is 5.12 Å². The van der Waals surface area contributed by atoms with Crippen LogP contribution in [0.3, 0.4) is 0 Å². The first kappa shape index (κ1) is 21.1. The lowest BCUT2D eigenvalue weighted by Crippen LogP contribution is -2.13. The molecule has 0 fully saturated rings. The number of hydrogen-bond acceptors (Lipinski definition) is 3. The van der Waals surface area contributed by atoms with Crippen LogP contribution in [0.4, 0.5) is 0 Å². The lowest BCUT2D eigenvalue weighted by molar-refractivity contribution is -0.121. The molecule has 0 heterocycles. The molecule has 3 nitrogen and oxygen atoms in total. The molecular weight excluding hydrogens is 330 g/mol. The largest absolute Gasteiger partial charge is 0.324 e. The van der Waals surface area contributed by atoms with Gasteiger partial charge in [-0.15, -0.1) is 12.6 Å². The van der Waals surface area contributed by atoms with Gasteiger partial charge in [-0.3, -0.25) is 4.79 Å². The highest BCUT2D eigenvalue weighted by molar-refractivity contribution is 7.96. The molecular formula is C21H27NO2S. The number of Topliss-reactive ketones (excluding diaryl/α,β-unsaturated/α-hetero) is 1. The van der Waals surface area contributed by atoms with Crippen molar-refractivity contribution in [2.45, 2.75) is 39.7 Å². The van der Waals surface area contributed by atoms with E-state index in [-0.39, 0.29) is 22.9 Å². The zero-order valence-corrected chi connectivity index (χ0v) is 16.0. The van der Waals surface area contributed by atoms with E-state index in [1.807, 2.05) is 18.2 Å². The summed E-state index contributed by atoms with van der Waals surface area (Å²) in [5.74, 6) is -0.198. The number of aryl methyl sites for hydroxylation is 1. The second-order valence-corrected chi connectivity index (χ2v) is 6.79. The molecule has 0 aliphatic rings. The third-order valence-corrected chi connectivity index (χ3v) is 4.26. The molecule has 0 aliphatic heterocycles. The van der Waals surface area contributed by atoms with E-state index >= 15 is 0 Å². The Morgan fingerprint density at radius 3 is 2.04 bits per heavy atom. The molecule has 2 aromatic rings. The first-order chi connectivity index (χ1) is 11.8. The molecule has 134 valence electrons. The second kappa shape index (κ2) is 10.9. The van der Waals surface area contributed by atoms with Gasteiger partial charge in [0.1, 0.15) is 5.78 Å². The highest BCUT2D eigenvalue weighted by Gasteiger charge is 2.09. The van der Waals surface area contributed by atoms with Gasteiger partial charge < -0.3 is 10.5 Å². The highest BCUT2D eigenvalue weighted by Crippen LogP contribution is 2.16. The van der Waals surface area contributed by atoms with E-state index in [1.54, 1.807) is 6.92 Å². The van der Waals surface area contributed by atoms with Crippen LogP contribution in [0.25, 0.3) is 0 Å². The number of hydrogen-bond donors (Lipinski definition) is 2. The number of benzene rings is 2. The topological polar surface area (TPSA) is 60.2 Å². The quantitative estimate of drug-likeness (QED) is 0.758. The van der Waals surface area contributed by atoms with E-state index in [0.29, 0.717) is 6.42 Å². The summed E-state index contributed by atoms with van der Waals surface area (Å²) in [7, 11) is 0. The molecule has 0 saturated heterocycles. The van der Waals surface area contributed by atoms with Gasteiger partial charge in [0, 0.05) is 18.4 Å². The van der Waals surface area contributed by atoms with Gasteiger partial charge in [-0.1, -0.05) is 67.1 Å². The Labute approximate surface area is 156 Å². The molecule has 2 aromatic carbocycles. The van der Waals surface area contributed by atoms with Gasteiger partial charge in [-0.2, -0.15) is 0 Å². The molecule has 0 spiro atoms. The van der Waals surface area contributed by atoms with E-state index in [0.717, 1.165) is 6.42 Å². The van der Waals surface area contributed by atoms with Crippen molar-refractivity contribution in [2.75, 3.05) is 0 Å². The van der Waals surface area contributed by atoms with Crippen molar-refractivity contribution >= 4 is 23.5 Å². The molecule has 2 unspecified atom stereocenters. The summed E-state index contributed by atoms with van der Waals surface area (Å²) in [4.78, 5) is 20.8.